The first-order valence-electron chi connectivity index (χ1n) is 10.1. The summed E-state index contributed by atoms with van der Waals surface area (Å²) in [5.74, 6) is 1.18. The number of nitrogens with zero attached hydrogens (tertiary/aromatic N) is 1. The number of aromatic nitrogens is 2. The lowest BCUT2D eigenvalue weighted by Gasteiger charge is -2.30. The van der Waals surface area contributed by atoms with E-state index in [1.807, 2.05) is 0 Å². The van der Waals surface area contributed by atoms with E-state index in [1.54, 1.807) is 0 Å². The normalized spacial score (nSPS) is 13.5. The van der Waals surface area contributed by atoms with E-state index in [0.717, 1.165) is 6.42 Å². The van der Waals surface area contributed by atoms with Crippen LogP contribution < -0.4 is 0 Å². The molecule has 140 valence electrons. The van der Waals surface area contributed by atoms with Gasteiger partial charge >= 0.3 is 0 Å². The van der Waals surface area contributed by atoms with E-state index >= 15 is 0 Å². The molecule has 1 N–H and O–H groups in total. The van der Waals surface area contributed by atoms with Crippen LogP contribution in [-0.4, -0.2) is 9.97 Å². The molecule has 0 bridgehead atoms. The van der Waals surface area contributed by atoms with Gasteiger partial charge in [-0.1, -0.05) is 88.0 Å². The highest BCUT2D eigenvalue weighted by Gasteiger charge is 2.36. The van der Waals surface area contributed by atoms with Crippen molar-refractivity contribution in [3.63, 3.8) is 0 Å². The van der Waals surface area contributed by atoms with Crippen molar-refractivity contribution in [1.29, 1.82) is 0 Å². The van der Waals surface area contributed by atoms with E-state index in [0.29, 0.717) is 0 Å². The Morgan fingerprint density at radius 3 is 1.88 bits per heavy atom. The van der Waals surface area contributed by atoms with Gasteiger partial charge in [0.05, 0.1) is 5.69 Å². The van der Waals surface area contributed by atoms with Gasteiger partial charge in [-0.05, 0) is 19.3 Å². The van der Waals surface area contributed by atoms with Crippen LogP contribution in [0, 0.1) is 0 Å². The fraction of sp³-hybridized carbons (Fsp3) is 0.864. The summed E-state index contributed by atoms with van der Waals surface area (Å²) < 4.78 is 0. The number of aromatic amines is 1. The summed E-state index contributed by atoms with van der Waals surface area (Å²) in [6.07, 6.45) is 8.58. The van der Waals surface area contributed by atoms with Gasteiger partial charge in [0, 0.05) is 21.9 Å². The molecule has 1 aromatic heterocycles. The lowest BCUT2D eigenvalue weighted by atomic mass is 9.76. The molecular weight excluding hydrogens is 292 g/mol. The molecule has 0 atom stereocenters. The Balaban J connectivity index is 3.33. The Kier molecular flexibility index (Phi) is 7.14. The highest BCUT2D eigenvalue weighted by molar-refractivity contribution is 5.31. The molecule has 0 aromatic carbocycles. The predicted octanol–water partition coefficient (Wildman–Crippen LogP) is 7.03. The average Bonchev–Trinajstić information content (AvgIpc) is 2.95. The molecule has 1 aromatic rings. The molecule has 2 heteroatoms. The number of H-pyrrole nitrogens is 1. The summed E-state index contributed by atoms with van der Waals surface area (Å²) in [4.78, 5) is 8.99. The quantitative estimate of drug-likeness (QED) is 0.457. The van der Waals surface area contributed by atoms with Crippen molar-refractivity contribution in [1.82, 2.24) is 9.97 Å². The zero-order chi connectivity index (χ0) is 18.6. The second-order valence-electron chi connectivity index (χ2n) is 9.52. The van der Waals surface area contributed by atoms with Crippen molar-refractivity contribution < 1.29 is 0 Å². The number of rotatable bonds is 10. The summed E-state index contributed by atoms with van der Waals surface area (Å²) in [6.45, 7) is 20.9. The molecule has 0 aliphatic heterocycles. The number of nitrogens with one attached hydrogen (secondary N) is 1. The minimum atomic E-state index is 0.116. The number of imidazole rings is 1. The third-order valence-electron chi connectivity index (χ3n) is 5.83. The summed E-state index contributed by atoms with van der Waals surface area (Å²) in [5, 5.41) is 0. The SMILES string of the molecule is CCCCCC(C)(C)c1nc(C(C)(C)CCC)[nH]c1C(C)(C)CC. The van der Waals surface area contributed by atoms with E-state index < -0.39 is 0 Å². The largest absolute Gasteiger partial charge is 0.345 e. The van der Waals surface area contributed by atoms with Crippen molar-refractivity contribution in [2.24, 2.45) is 0 Å². The summed E-state index contributed by atoms with van der Waals surface area (Å²) in [5.41, 5.74) is 3.07. The first kappa shape index (κ1) is 21.3. The molecule has 1 heterocycles. The molecule has 0 aliphatic carbocycles. The van der Waals surface area contributed by atoms with E-state index in [9.17, 15) is 0 Å². The fourth-order valence-electron chi connectivity index (χ4n) is 3.53. The maximum atomic E-state index is 5.21. The molecule has 0 fully saturated rings. The van der Waals surface area contributed by atoms with Gasteiger partial charge in [-0.2, -0.15) is 0 Å². The Bertz CT molecular complexity index is 506. The Hall–Kier alpha value is -0.790. The molecule has 0 radical (unpaired) electrons. The molecular formula is C22H42N2. The average molecular weight is 335 g/mol. The van der Waals surface area contributed by atoms with E-state index in [1.165, 1.54) is 55.7 Å². The monoisotopic (exact) mass is 334 g/mol. The van der Waals surface area contributed by atoms with Crippen molar-refractivity contribution >= 4 is 0 Å². The second kappa shape index (κ2) is 8.06. The topological polar surface area (TPSA) is 28.7 Å². The minimum Gasteiger partial charge on any atom is -0.345 e. The molecule has 2 nitrogen and oxygen atoms in total. The van der Waals surface area contributed by atoms with Crippen LogP contribution in [0.2, 0.25) is 0 Å². The van der Waals surface area contributed by atoms with Crippen molar-refractivity contribution in [2.45, 2.75) is 124 Å². The van der Waals surface area contributed by atoms with Gasteiger partial charge in [-0.25, -0.2) is 4.98 Å². The third kappa shape index (κ3) is 4.86. The van der Waals surface area contributed by atoms with E-state index in [2.05, 4.69) is 67.3 Å². The van der Waals surface area contributed by atoms with Crippen LogP contribution in [0.25, 0.3) is 0 Å². The molecule has 1 rings (SSSR count). The van der Waals surface area contributed by atoms with Crippen LogP contribution in [0.3, 0.4) is 0 Å². The van der Waals surface area contributed by atoms with E-state index in [4.69, 9.17) is 4.98 Å². The van der Waals surface area contributed by atoms with Gasteiger partial charge in [0.2, 0.25) is 0 Å². The van der Waals surface area contributed by atoms with Gasteiger partial charge in [0.15, 0.2) is 0 Å². The molecule has 0 spiro atoms. The highest BCUT2D eigenvalue weighted by atomic mass is 15.0. The number of hydrogen-bond donors (Lipinski definition) is 1. The summed E-state index contributed by atoms with van der Waals surface area (Å²) in [6, 6.07) is 0. The zero-order valence-electron chi connectivity index (χ0n) is 17.9. The number of hydrogen-bond acceptors (Lipinski definition) is 1. The minimum absolute atomic E-state index is 0.116. The molecule has 0 saturated heterocycles. The second-order valence-corrected chi connectivity index (χ2v) is 9.52. The zero-order valence-corrected chi connectivity index (χ0v) is 17.9. The van der Waals surface area contributed by atoms with Crippen LogP contribution in [0.15, 0.2) is 0 Å². The Morgan fingerprint density at radius 2 is 1.38 bits per heavy atom. The van der Waals surface area contributed by atoms with Gasteiger partial charge < -0.3 is 4.98 Å². The van der Waals surface area contributed by atoms with E-state index in [-0.39, 0.29) is 16.2 Å². The lowest BCUT2D eigenvalue weighted by molar-refractivity contribution is 0.413. The molecule has 0 aliphatic rings. The maximum absolute atomic E-state index is 5.21. The van der Waals surface area contributed by atoms with Crippen LogP contribution in [0.5, 0.6) is 0 Å². The lowest BCUT2D eigenvalue weighted by Crippen LogP contribution is -2.26. The first-order chi connectivity index (χ1) is 11.0. The fourth-order valence-corrected chi connectivity index (χ4v) is 3.53. The van der Waals surface area contributed by atoms with Crippen molar-refractivity contribution in [3.05, 3.63) is 17.2 Å². The molecule has 0 unspecified atom stereocenters. The van der Waals surface area contributed by atoms with Gasteiger partial charge in [0.25, 0.3) is 0 Å². The van der Waals surface area contributed by atoms with Crippen molar-refractivity contribution in [2.75, 3.05) is 0 Å². The Labute approximate surface area is 151 Å². The maximum Gasteiger partial charge on any atom is 0.112 e. The van der Waals surface area contributed by atoms with Gasteiger partial charge in [-0.3, -0.25) is 0 Å². The third-order valence-corrected chi connectivity index (χ3v) is 5.83. The van der Waals surface area contributed by atoms with Gasteiger partial charge in [0.1, 0.15) is 5.82 Å². The van der Waals surface area contributed by atoms with Crippen LogP contribution in [0.4, 0.5) is 0 Å². The Morgan fingerprint density at radius 1 is 0.750 bits per heavy atom. The van der Waals surface area contributed by atoms with Crippen molar-refractivity contribution in [3.8, 4) is 0 Å². The first-order valence-corrected chi connectivity index (χ1v) is 10.1. The standard InChI is InChI=1S/C22H42N2/c1-10-13-14-16-21(6,7)18-17(20(4,5)12-3)23-19(24-18)22(8,9)15-11-2/h10-16H2,1-9H3,(H,23,24). The number of unbranched alkanes of at least 4 members (excludes halogenated alkanes) is 2. The summed E-state index contributed by atoms with van der Waals surface area (Å²) >= 11 is 0. The molecule has 0 amide bonds. The predicted molar refractivity (Wildman–Crippen MR) is 107 cm³/mol. The van der Waals surface area contributed by atoms with Crippen LogP contribution >= 0.6 is 0 Å². The highest BCUT2D eigenvalue weighted by Crippen LogP contribution is 2.39. The smallest absolute Gasteiger partial charge is 0.112 e. The van der Waals surface area contributed by atoms with Gasteiger partial charge in [-0.15, -0.1) is 0 Å². The van der Waals surface area contributed by atoms with Crippen LogP contribution in [0.1, 0.15) is 124 Å². The molecule has 24 heavy (non-hydrogen) atoms. The summed E-state index contributed by atoms with van der Waals surface area (Å²) in [7, 11) is 0. The van der Waals surface area contributed by atoms with Crippen LogP contribution in [-0.2, 0) is 16.2 Å². The molecule has 0 saturated carbocycles.